The zero-order valence-corrected chi connectivity index (χ0v) is 17.6. The predicted molar refractivity (Wildman–Crippen MR) is 113 cm³/mol. The first kappa shape index (κ1) is 21.6. The summed E-state index contributed by atoms with van der Waals surface area (Å²) in [7, 11) is -2.11. The summed E-state index contributed by atoms with van der Waals surface area (Å²) in [6, 6.07) is 16.5. The number of nitrogens with one attached hydrogen (secondary N) is 2. The van der Waals surface area contributed by atoms with E-state index >= 15 is 0 Å². The number of carbonyl (C=O) groups is 1. The van der Waals surface area contributed by atoms with Crippen molar-refractivity contribution < 1.29 is 22.4 Å². The molecule has 1 amide bonds. The standard InChI is InChI=1S/C22H24N2O5S/c1-3-21(16-6-10-18(28-2)11-7-16)24-22(25)17-8-12-20(13-9-17)30(26,27)23-15-19-5-4-14-29-19/h4-14,21,23H,3,15H2,1-2H3,(H,24,25). The lowest BCUT2D eigenvalue weighted by Crippen LogP contribution is -2.28. The third kappa shape index (κ3) is 5.28. The molecule has 0 bridgehead atoms. The maximum Gasteiger partial charge on any atom is 0.251 e. The van der Waals surface area contributed by atoms with Gasteiger partial charge in [0, 0.05) is 5.56 Å². The Labute approximate surface area is 176 Å². The van der Waals surface area contributed by atoms with Crippen LogP contribution in [0.5, 0.6) is 5.75 Å². The van der Waals surface area contributed by atoms with Gasteiger partial charge in [0.1, 0.15) is 11.5 Å². The summed E-state index contributed by atoms with van der Waals surface area (Å²) in [6.07, 6.45) is 2.19. The number of hydrogen-bond acceptors (Lipinski definition) is 5. The second kappa shape index (κ2) is 9.60. The summed E-state index contributed by atoms with van der Waals surface area (Å²) in [5.74, 6) is 0.987. The van der Waals surface area contributed by atoms with Crippen LogP contribution in [0.3, 0.4) is 0 Å². The number of carbonyl (C=O) groups excluding carboxylic acids is 1. The van der Waals surface area contributed by atoms with E-state index in [0.29, 0.717) is 17.7 Å². The van der Waals surface area contributed by atoms with Crippen molar-refractivity contribution in [2.24, 2.45) is 0 Å². The first-order valence-electron chi connectivity index (χ1n) is 9.50. The van der Waals surface area contributed by atoms with Crippen LogP contribution in [0.4, 0.5) is 0 Å². The van der Waals surface area contributed by atoms with Gasteiger partial charge in [-0.2, -0.15) is 0 Å². The predicted octanol–water partition coefficient (Wildman–Crippen LogP) is 3.65. The molecule has 0 aliphatic heterocycles. The Bertz CT molecular complexity index is 1060. The van der Waals surface area contributed by atoms with Gasteiger partial charge >= 0.3 is 0 Å². The Balaban J connectivity index is 1.66. The molecule has 1 heterocycles. The molecule has 0 radical (unpaired) electrons. The minimum atomic E-state index is -3.71. The number of hydrogen-bond donors (Lipinski definition) is 2. The van der Waals surface area contributed by atoms with Crippen molar-refractivity contribution in [1.82, 2.24) is 10.0 Å². The monoisotopic (exact) mass is 428 g/mol. The highest BCUT2D eigenvalue weighted by atomic mass is 32.2. The molecule has 0 spiro atoms. The van der Waals surface area contributed by atoms with E-state index in [1.54, 1.807) is 19.2 Å². The van der Waals surface area contributed by atoms with E-state index in [0.717, 1.165) is 11.3 Å². The summed E-state index contributed by atoms with van der Waals surface area (Å²) in [4.78, 5) is 12.7. The van der Waals surface area contributed by atoms with E-state index in [1.165, 1.54) is 30.5 Å². The lowest BCUT2D eigenvalue weighted by atomic mass is 10.0. The average molecular weight is 429 g/mol. The molecular formula is C22H24N2O5S. The first-order chi connectivity index (χ1) is 14.4. The minimum absolute atomic E-state index is 0.0532. The molecular weight excluding hydrogens is 404 g/mol. The van der Waals surface area contributed by atoms with E-state index < -0.39 is 10.0 Å². The number of sulfonamides is 1. The van der Waals surface area contributed by atoms with Crippen molar-refractivity contribution in [2.75, 3.05) is 7.11 Å². The average Bonchev–Trinajstić information content (AvgIpc) is 3.30. The van der Waals surface area contributed by atoms with Gasteiger partial charge in [-0.05, 0) is 60.5 Å². The van der Waals surface area contributed by atoms with Gasteiger partial charge in [-0.1, -0.05) is 19.1 Å². The Morgan fingerprint density at radius 1 is 1.07 bits per heavy atom. The lowest BCUT2D eigenvalue weighted by Gasteiger charge is -2.18. The fourth-order valence-corrected chi connectivity index (χ4v) is 3.94. The van der Waals surface area contributed by atoms with Gasteiger partial charge in [0.25, 0.3) is 5.91 Å². The highest BCUT2D eigenvalue weighted by molar-refractivity contribution is 7.89. The van der Waals surface area contributed by atoms with Gasteiger partial charge in [-0.25, -0.2) is 13.1 Å². The summed E-state index contributed by atoms with van der Waals surface area (Å²) in [5, 5.41) is 2.98. The third-order valence-electron chi connectivity index (χ3n) is 4.68. The quantitative estimate of drug-likeness (QED) is 0.542. The summed E-state index contributed by atoms with van der Waals surface area (Å²) in [5.41, 5.74) is 1.35. The molecule has 0 aliphatic carbocycles. The van der Waals surface area contributed by atoms with Crippen molar-refractivity contribution >= 4 is 15.9 Å². The second-order valence-corrected chi connectivity index (χ2v) is 8.40. The highest BCUT2D eigenvalue weighted by Gasteiger charge is 2.17. The number of benzene rings is 2. The number of furan rings is 1. The van der Waals surface area contributed by atoms with E-state index in [4.69, 9.17) is 9.15 Å². The molecule has 1 unspecified atom stereocenters. The van der Waals surface area contributed by atoms with Crippen LogP contribution in [0, 0.1) is 0 Å². The summed E-state index contributed by atoms with van der Waals surface area (Å²) < 4.78 is 37.6. The molecule has 0 saturated carbocycles. The number of amides is 1. The Kier molecular flexibility index (Phi) is 6.91. The molecule has 1 atom stereocenters. The van der Waals surface area contributed by atoms with Crippen molar-refractivity contribution in [3.8, 4) is 5.75 Å². The smallest absolute Gasteiger partial charge is 0.251 e. The maximum absolute atomic E-state index is 12.6. The number of ether oxygens (including phenoxy) is 1. The molecule has 0 fully saturated rings. The molecule has 2 N–H and O–H groups in total. The maximum atomic E-state index is 12.6. The van der Waals surface area contributed by atoms with Crippen LogP contribution in [-0.4, -0.2) is 21.4 Å². The summed E-state index contributed by atoms with van der Waals surface area (Å²) >= 11 is 0. The van der Waals surface area contributed by atoms with Crippen molar-refractivity contribution in [3.05, 3.63) is 83.8 Å². The van der Waals surface area contributed by atoms with E-state index in [2.05, 4.69) is 10.0 Å². The summed E-state index contributed by atoms with van der Waals surface area (Å²) in [6.45, 7) is 2.03. The van der Waals surface area contributed by atoms with Crippen LogP contribution < -0.4 is 14.8 Å². The number of rotatable bonds is 9. The minimum Gasteiger partial charge on any atom is -0.497 e. The molecule has 1 aromatic heterocycles. The lowest BCUT2D eigenvalue weighted by molar-refractivity contribution is 0.0935. The number of methoxy groups -OCH3 is 1. The Hall–Kier alpha value is -3.10. The van der Waals surface area contributed by atoms with Crippen LogP contribution in [0.2, 0.25) is 0 Å². The third-order valence-corrected chi connectivity index (χ3v) is 6.09. The first-order valence-corrected chi connectivity index (χ1v) is 11.0. The van der Waals surface area contributed by atoms with Crippen molar-refractivity contribution in [3.63, 3.8) is 0 Å². The molecule has 3 rings (SSSR count). The Morgan fingerprint density at radius 3 is 2.33 bits per heavy atom. The molecule has 2 aromatic carbocycles. The van der Waals surface area contributed by atoms with Crippen LogP contribution in [0.15, 0.2) is 76.2 Å². The van der Waals surface area contributed by atoms with Crippen LogP contribution >= 0.6 is 0 Å². The second-order valence-electron chi connectivity index (χ2n) is 6.64. The molecule has 30 heavy (non-hydrogen) atoms. The molecule has 0 saturated heterocycles. The van der Waals surface area contributed by atoms with Crippen LogP contribution in [0.25, 0.3) is 0 Å². The largest absolute Gasteiger partial charge is 0.497 e. The highest BCUT2D eigenvalue weighted by Crippen LogP contribution is 2.21. The van der Waals surface area contributed by atoms with Gasteiger partial charge < -0.3 is 14.5 Å². The zero-order chi connectivity index (χ0) is 21.6. The van der Waals surface area contributed by atoms with E-state index in [9.17, 15) is 13.2 Å². The molecule has 7 nitrogen and oxygen atoms in total. The SMILES string of the molecule is CCC(NC(=O)c1ccc(S(=O)(=O)NCc2ccco2)cc1)c1ccc(OC)cc1. The van der Waals surface area contributed by atoms with Gasteiger partial charge in [-0.15, -0.1) is 0 Å². The fraction of sp³-hybridized carbons (Fsp3) is 0.227. The molecule has 0 aliphatic rings. The molecule has 3 aromatic rings. The van der Waals surface area contributed by atoms with Gasteiger partial charge in [-0.3, -0.25) is 4.79 Å². The van der Waals surface area contributed by atoms with Gasteiger partial charge in [0.2, 0.25) is 10.0 Å². The van der Waals surface area contributed by atoms with Gasteiger partial charge in [0.05, 0.1) is 30.9 Å². The fourth-order valence-electron chi connectivity index (χ4n) is 2.95. The topological polar surface area (TPSA) is 97.6 Å². The van der Waals surface area contributed by atoms with Crippen molar-refractivity contribution in [2.45, 2.75) is 30.8 Å². The van der Waals surface area contributed by atoms with Gasteiger partial charge in [0.15, 0.2) is 0 Å². The zero-order valence-electron chi connectivity index (χ0n) is 16.8. The van der Waals surface area contributed by atoms with Crippen LogP contribution in [0.1, 0.15) is 41.1 Å². The van der Waals surface area contributed by atoms with E-state index in [1.807, 2.05) is 31.2 Å². The Morgan fingerprint density at radius 2 is 1.77 bits per heavy atom. The molecule has 158 valence electrons. The van der Waals surface area contributed by atoms with E-state index in [-0.39, 0.29) is 23.4 Å². The van der Waals surface area contributed by atoms with Crippen molar-refractivity contribution in [1.29, 1.82) is 0 Å². The normalized spacial score (nSPS) is 12.3. The molecule has 8 heteroatoms. The van der Waals surface area contributed by atoms with Crippen LogP contribution in [-0.2, 0) is 16.6 Å².